The zero-order valence-corrected chi connectivity index (χ0v) is 6.70. The van der Waals surface area contributed by atoms with Crippen LogP contribution < -0.4 is 0 Å². The Hall–Kier alpha value is -0.310. The van der Waals surface area contributed by atoms with Gasteiger partial charge < -0.3 is 0 Å². The van der Waals surface area contributed by atoms with E-state index >= 15 is 0 Å². The molecule has 54 valence electrons. The third kappa shape index (κ3) is 4.21. The summed E-state index contributed by atoms with van der Waals surface area (Å²) in [5.74, 6) is 0.740. The monoisotopic (exact) mass is 147 g/mol. The van der Waals surface area contributed by atoms with Crippen LogP contribution in [0.4, 0.5) is 0 Å². The van der Waals surface area contributed by atoms with Gasteiger partial charge >= 0.3 is 0 Å². The second kappa shape index (κ2) is 3.01. The first-order valence-electron chi connectivity index (χ1n) is 2.87. The molecule has 0 saturated heterocycles. The van der Waals surface area contributed by atoms with Crippen LogP contribution >= 0.6 is 0 Å². The number of hydrogen-bond donors (Lipinski definition) is 1. The molecule has 0 aliphatic rings. The van der Waals surface area contributed by atoms with E-state index in [1.165, 1.54) is 5.41 Å². The van der Waals surface area contributed by atoms with Crippen molar-refractivity contribution in [3.8, 4) is 0 Å². The first kappa shape index (κ1) is 8.69. The lowest BCUT2D eigenvalue weighted by Crippen LogP contribution is -2.05. The van der Waals surface area contributed by atoms with Gasteiger partial charge in [0.05, 0.1) is 9.73 Å². The molecule has 0 heterocycles. The van der Waals surface area contributed by atoms with Gasteiger partial charge in [-0.15, -0.1) is 0 Å². The van der Waals surface area contributed by atoms with Gasteiger partial charge in [0, 0.05) is 11.2 Å². The van der Waals surface area contributed by atoms with Crippen molar-refractivity contribution in [2.45, 2.75) is 13.8 Å². The lowest BCUT2D eigenvalue weighted by atomic mass is 10.3. The van der Waals surface area contributed by atoms with Crippen LogP contribution in [0.25, 0.3) is 0 Å². The average Bonchev–Trinajstić information content (AvgIpc) is 1.63. The van der Waals surface area contributed by atoms with Crippen LogP contribution in [0.2, 0.25) is 0 Å². The molecule has 1 atom stereocenters. The van der Waals surface area contributed by atoms with Crippen molar-refractivity contribution in [3.63, 3.8) is 0 Å². The molecule has 0 aliphatic carbocycles. The third-order valence-electron chi connectivity index (χ3n) is 0.850. The molecule has 1 unspecified atom stereocenters. The Bertz CT molecular complexity index is 179. The van der Waals surface area contributed by atoms with Crippen LogP contribution in [-0.4, -0.2) is 9.96 Å². The van der Waals surface area contributed by atoms with E-state index < -0.39 is 9.73 Å². The Morgan fingerprint density at radius 3 is 2.33 bits per heavy atom. The van der Waals surface area contributed by atoms with Crippen LogP contribution in [0.1, 0.15) is 13.8 Å². The lowest BCUT2D eigenvalue weighted by molar-refractivity contribution is 0.662. The summed E-state index contributed by atoms with van der Waals surface area (Å²) in [6.45, 7) is 7.21. The fourth-order valence-corrected chi connectivity index (χ4v) is 1.69. The number of rotatable bonds is 3. The first-order valence-corrected chi connectivity index (χ1v) is 4.66. The van der Waals surface area contributed by atoms with Gasteiger partial charge in [0.2, 0.25) is 0 Å². The summed E-state index contributed by atoms with van der Waals surface area (Å²) >= 11 is 0. The SMILES string of the molecule is C=CS(=N)(=O)CC(C)C. The van der Waals surface area contributed by atoms with E-state index in [2.05, 4.69) is 6.58 Å². The van der Waals surface area contributed by atoms with Crippen LogP contribution in [0, 0.1) is 10.7 Å². The van der Waals surface area contributed by atoms with Crippen LogP contribution in [-0.2, 0) is 9.73 Å². The fourth-order valence-electron chi connectivity index (χ4n) is 0.563. The minimum absolute atomic E-state index is 0.313. The molecule has 0 rings (SSSR count). The van der Waals surface area contributed by atoms with Crippen molar-refractivity contribution in [1.82, 2.24) is 0 Å². The zero-order chi connectivity index (χ0) is 7.49. The van der Waals surface area contributed by atoms with E-state index in [1.807, 2.05) is 13.8 Å². The highest BCUT2D eigenvalue weighted by Crippen LogP contribution is 2.00. The molecule has 0 saturated carbocycles. The summed E-state index contributed by atoms with van der Waals surface area (Å²) in [6.07, 6.45) is 0. The van der Waals surface area contributed by atoms with Crippen LogP contribution in [0.15, 0.2) is 12.0 Å². The summed E-state index contributed by atoms with van der Waals surface area (Å²) in [7, 11) is -2.45. The van der Waals surface area contributed by atoms with Gasteiger partial charge in [0.15, 0.2) is 0 Å². The fraction of sp³-hybridized carbons (Fsp3) is 0.667. The Kier molecular flexibility index (Phi) is 2.91. The molecule has 0 aromatic carbocycles. The number of hydrogen-bond acceptors (Lipinski definition) is 2. The van der Waals surface area contributed by atoms with E-state index in [9.17, 15) is 4.21 Å². The molecule has 2 nitrogen and oxygen atoms in total. The smallest absolute Gasteiger partial charge is 0.0653 e. The van der Waals surface area contributed by atoms with E-state index in [0.29, 0.717) is 11.7 Å². The maximum Gasteiger partial charge on any atom is 0.0653 e. The van der Waals surface area contributed by atoms with Gasteiger partial charge in [-0.05, 0) is 5.92 Å². The third-order valence-corrected chi connectivity index (χ3v) is 2.55. The lowest BCUT2D eigenvalue weighted by Gasteiger charge is -2.02. The molecule has 3 heteroatoms. The second-order valence-corrected chi connectivity index (χ2v) is 4.57. The van der Waals surface area contributed by atoms with E-state index in [0.717, 1.165) is 0 Å². The maximum absolute atomic E-state index is 10.9. The molecule has 0 fully saturated rings. The zero-order valence-electron chi connectivity index (χ0n) is 5.89. The van der Waals surface area contributed by atoms with Gasteiger partial charge in [-0.2, -0.15) is 0 Å². The summed E-state index contributed by atoms with van der Waals surface area (Å²) in [5.41, 5.74) is 0. The molecule has 0 aromatic heterocycles. The summed E-state index contributed by atoms with van der Waals surface area (Å²) in [4.78, 5) is 0. The minimum atomic E-state index is -2.45. The van der Waals surface area contributed by atoms with E-state index in [-0.39, 0.29) is 0 Å². The van der Waals surface area contributed by atoms with Crippen molar-refractivity contribution in [2.75, 3.05) is 5.75 Å². The topological polar surface area (TPSA) is 40.9 Å². The second-order valence-electron chi connectivity index (χ2n) is 2.45. The molecule has 0 aromatic rings. The quantitative estimate of drug-likeness (QED) is 0.650. The molecule has 9 heavy (non-hydrogen) atoms. The summed E-state index contributed by atoms with van der Waals surface area (Å²) in [6, 6.07) is 0. The van der Waals surface area contributed by atoms with Gasteiger partial charge in [-0.1, -0.05) is 20.4 Å². The molecule has 0 bridgehead atoms. The van der Waals surface area contributed by atoms with Crippen molar-refractivity contribution >= 4 is 9.73 Å². The summed E-state index contributed by atoms with van der Waals surface area (Å²) in [5, 5.41) is 1.23. The Labute approximate surface area is 56.9 Å². The van der Waals surface area contributed by atoms with Gasteiger partial charge in [0.1, 0.15) is 0 Å². The molecule has 0 spiro atoms. The highest BCUT2D eigenvalue weighted by Gasteiger charge is 2.02. The largest absolute Gasteiger partial charge is 0.249 e. The number of nitrogens with one attached hydrogen (secondary N) is 1. The highest BCUT2D eigenvalue weighted by molar-refractivity contribution is 7.95. The minimum Gasteiger partial charge on any atom is -0.249 e. The Morgan fingerprint density at radius 1 is 1.78 bits per heavy atom. The van der Waals surface area contributed by atoms with Gasteiger partial charge in [0.25, 0.3) is 0 Å². The van der Waals surface area contributed by atoms with Crippen molar-refractivity contribution < 1.29 is 4.21 Å². The molecule has 1 N–H and O–H groups in total. The van der Waals surface area contributed by atoms with Crippen molar-refractivity contribution in [1.29, 1.82) is 4.78 Å². The normalized spacial score (nSPS) is 17.2. The Morgan fingerprint density at radius 2 is 2.22 bits per heavy atom. The first-order chi connectivity index (χ1) is 3.98. The molecule has 0 amide bonds. The highest BCUT2D eigenvalue weighted by atomic mass is 32.2. The van der Waals surface area contributed by atoms with Crippen LogP contribution in [0.5, 0.6) is 0 Å². The molecule has 0 aliphatic heterocycles. The maximum atomic E-state index is 10.9. The molecular formula is C6H13NOS. The Balaban J connectivity index is 4.05. The van der Waals surface area contributed by atoms with Crippen LogP contribution in [0.3, 0.4) is 0 Å². The van der Waals surface area contributed by atoms with Crippen molar-refractivity contribution in [2.24, 2.45) is 5.92 Å². The van der Waals surface area contributed by atoms with E-state index in [4.69, 9.17) is 4.78 Å². The van der Waals surface area contributed by atoms with Gasteiger partial charge in [-0.25, -0.2) is 8.99 Å². The van der Waals surface area contributed by atoms with E-state index in [1.54, 1.807) is 0 Å². The van der Waals surface area contributed by atoms with Gasteiger partial charge in [-0.3, -0.25) is 0 Å². The molecule has 0 radical (unpaired) electrons. The van der Waals surface area contributed by atoms with Crippen molar-refractivity contribution in [3.05, 3.63) is 12.0 Å². The molecular weight excluding hydrogens is 134 g/mol. The predicted octanol–water partition coefficient (Wildman–Crippen LogP) is 1.83. The summed E-state index contributed by atoms with van der Waals surface area (Å²) < 4.78 is 18.0. The standard InChI is InChI=1S/C6H13NOS/c1-4-9(7,8)5-6(2)3/h4,6-7H,1,5H2,2-3H3. The average molecular weight is 147 g/mol. The predicted molar refractivity (Wildman–Crippen MR) is 40.8 cm³/mol.